The molecule has 0 fully saturated rings. The van der Waals surface area contributed by atoms with Gasteiger partial charge in [0.15, 0.2) is 6.29 Å². The largest absolute Gasteiger partial charge is 0.574 e. The minimum absolute atomic E-state index is 0.0201. The van der Waals surface area contributed by atoms with E-state index in [9.17, 15) is 18.0 Å². The lowest BCUT2D eigenvalue weighted by molar-refractivity contribution is -0.276. The molecule has 16 heavy (non-hydrogen) atoms. The first-order valence-corrected chi connectivity index (χ1v) is 4.90. The first kappa shape index (κ1) is 13.0. The van der Waals surface area contributed by atoms with Crippen LogP contribution in [0.2, 0.25) is 0 Å². The summed E-state index contributed by atoms with van der Waals surface area (Å²) in [6.45, 7) is 0. The third kappa shape index (κ3) is 3.22. The lowest BCUT2D eigenvalue weighted by Gasteiger charge is -2.10. The van der Waals surface area contributed by atoms with Gasteiger partial charge in [0, 0.05) is 11.6 Å². The quantitative estimate of drug-likeness (QED) is 0.623. The van der Waals surface area contributed by atoms with Gasteiger partial charge in [-0.15, -0.1) is 13.2 Å². The molecule has 0 N–H and O–H groups in total. The van der Waals surface area contributed by atoms with E-state index < -0.39 is 12.2 Å². The van der Waals surface area contributed by atoms with Crippen molar-refractivity contribution in [2.45, 2.75) is 6.36 Å². The SMILES string of the molecule is COc1nc(OC(F)(F)F)cc(C=O)c1I. The minimum Gasteiger partial charge on any atom is -0.480 e. The van der Waals surface area contributed by atoms with Gasteiger partial charge in [-0.1, -0.05) is 0 Å². The zero-order valence-electron chi connectivity index (χ0n) is 7.84. The minimum atomic E-state index is -4.86. The molecule has 0 atom stereocenters. The molecule has 1 aromatic rings. The van der Waals surface area contributed by atoms with E-state index in [4.69, 9.17) is 4.74 Å². The predicted octanol–water partition coefficient (Wildman–Crippen LogP) is 2.41. The standard InChI is InChI=1S/C8H5F3INO3/c1-15-7-6(12)4(3-14)2-5(13-7)16-8(9,10)11/h2-3H,1H3. The van der Waals surface area contributed by atoms with Gasteiger partial charge >= 0.3 is 6.36 Å². The van der Waals surface area contributed by atoms with Crippen LogP contribution in [0, 0.1) is 3.57 Å². The number of aromatic nitrogens is 1. The highest BCUT2D eigenvalue weighted by Crippen LogP contribution is 2.28. The fourth-order valence-electron chi connectivity index (χ4n) is 0.893. The zero-order valence-corrected chi connectivity index (χ0v) is 10.00. The number of pyridine rings is 1. The van der Waals surface area contributed by atoms with Crippen LogP contribution in [0.25, 0.3) is 0 Å². The molecular weight excluding hydrogens is 342 g/mol. The fourth-order valence-corrected chi connectivity index (χ4v) is 1.52. The number of methoxy groups -OCH3 is 1. The van der Waals surface area contributed by atoms with Crippen LogP contribution in [0.15, 0.2) is 6.07 Å². The van der Waals surface area contributed by atoms with Crippen LogP contribution in [0.3, 0.4) is 0 Å². The summed E-state index contributed by atoms with van der Waals surface area (Å²) in [5, 5.41) is 0. The van der Waals surface area contributed by atoms with E-state index in [0.29, 0.717) is 9.86 Å². The summed E-state index contributed by atoms with van der Waals surface area (Å²) in [4.78, 5) is 14.0. The van der Waals surface area contributed by atoms with Gasteiger partial charge in [-0.3, -0.25) is 4.79 Å². The van der Waals surface area contributed by atoms with Gasteiger partial charge in [-0.25, -0.2) is 0 Å². The molecule has 0 spiro atoms. The third-order valence-electron chi connectivity index (χ3n) is 1.47. The maximum atomic E-state index is 11.9. The predicted molar refractivity (Wildman–Crippen MR) is 55.6 cm³/mol. The Morgan fingerprint density at radius 1 is 1.50 bits per heavy atom. The van der Waals surface area contributed by atoms with E-state index in [1.807, 2.05) is 0 Å². The number of ether oxygens (including phenoxy) is 2. The molecule has 1 rings (SSSR count). The molecule has 8 heteroatoms. The van der Waals surface area contributed by atoms with Gasteiger partial charge in [-0.2, -0.15) is 4.98 Å². The number of aldehydes is 1. The summed E-state index contributed by atoms with van der Waals surface area (Å²) in [5.41, 5.74) is 0.0201. The van der Waals surface area contributed by atoms with E-state index in [1.165, 1.54) is 7.11 Å². The summed E-state index contributed by atoms with van der Waals surface area (Å²) in [7, 11) is 1.23. The normalized spacial score (nSPS) is 11.1. The summed E-state index contributed by atoms with van der Waals surface area (Å²) >= 11 is 1.74. The molecule has 0 radical (unpaired) electrons. The first-order chi connectivity index (χ1) is 7.37. The van der Waals surface area contributed by atoms with Crippen molar-refractivity contribution < 1.29 is 27.4 Å². The summed E-state index contributed by atoms with van der Waals surface area (Å²) in [6.07, 6.45) is -4.46. The van der Waals surface area contributed by atoms with E-state index in [2.05, 4.69) is 9.72 Å². The van der Waals surface area contributed by atoms with Crippen molar-refractivity contribution in [2.75, 3.05) is 7.11 Å². The van der Waals surface area contributed by atoms with Crippen molar-refractivity contribution in [3.05, 3.63) is 15.2 Å². The van der Waals surface area contributed by atoms with Crippen LogP contribution in [0.5, 0.6) is 11.8 Å². The maximum Gasteiger partial charge on any atom is 0.574 e. The molecule has 0 bridgehead atoms. The van der Waals surface area contributed by atoms with Crippen molar-refractivity contribution in [3.8, 4) is 11.8 Å². The van der Waals surface area contributed by atoms with Crippen molar-refractivity contribution >= 4 is 28.9 Å². The molecule has 88 valence electrons. The van der Waals surface area contributed by atoms with Gasteiger partial charge in [0.2, 0.25) is 11.8 Å². The maximum absolute atomic E-state index is 11.9. The lowest BCUT2D eigenvalue weighted by Crippen LogP contribution is -2.18. The van der Waals surface area contributed by atoms with E-state index >= 15 is 0 Å². The topological polar surface area (TPSA) is 48.4 Å². The van der Waals surface area contributed by atoms with Gasteiger partial charge < -0.3 is 9.47 Å². The average molecular weight is 347 g/mol. The number of hydrogen-bond acceptors (Lipinski definition) is 4. The number of nitrogens with zero attached hydrogens (tertiary/aromatic N) is 1. The highest BCUT2D eigenvalue weighted by molar-refractivity contribution is 14.1. The molecule has 4 nitrogen and oxygen atoms in total. The fraction of sp³-hybridized carbons (Fsp3) is 0.250. The third-order valence-corrected chi connectivity index (χ3v) is 2.56. The van der Waals surface area contributed by atoms with Gasteiger partial charge in [0.1, 0.15) is 0 Å². The monoisotopic (exact) mass is 347 g/mol. The number of carbonyl (C=O) groups excluding carboxylic acids is 1. The van der Waals surface area contributed by atoms with E-state index in [1.54, 1.807) is 22.6 Å². The van der Waals surface area contributed by atoms with Gasteiger partial charge in [0.25, 0.3) is 0 Å². The van der Waals surface area contributed by atoms with Crippen molar-refractivity contribution in [1.82, 2.24) is 4.98 Å². The Morgan fingerprint density at radius 2 is 2.12 bits per heavy atom. The zero-order chi connectivity index (χ0) is 12.3. The Balaban J connectivity index is 3.17. The van der Waals surface area contributed by atoms with Crippen LogP contribution in [0.1, 0.15) is 10.4 Å². The second-order valence-electron chi connectivity index (χ2n) is 2.54. The van der Waals surface area contributed by atoms with Crippen LogP contribution in [0.4, 0.5) is 13.2 Å². The molecule has 0 aliphatic heterocycles. The highest BCUT2D eigenvalue weighted by Gasteiger charge is 2.32. The summed E-state index contributed by atoms with van der Waals surface area (Å²) < 4.78 is 44.4. The Kier molecular flexibility index (Phi) is 3.94. The molecule has 0 saturated heterocycles. The van der Waals surface area contributed by atoms with Gasteiger partial charge in [-0.05, 0) is 22.6 Å². The second-order valence-corrected chi connectivity index (χ2v) is 3.62. The first-order valence-electron chi connectivity index (χ1n) is 3.83. The highest BCUT2D eigenvalue weighted by atomic mass is 127. The number of hydrogen-bond donors (Lipinski definition) is 0. The summed E-state index contributed by atoms with van der Waals surface area (Å²) in [5.74, 6) is -0.823. The molecule has 0 unspecified atom stereocenters. The Morgan fingerprint density at radius 3 is 2.56 bits per heavy atom. The molecule has 1 aromatic heterocycles. The molecule has 0 amide bonds. The number of rotatable bonds is 3. The van der Waals surface area contributed by atoms with Crippen molar-refractivity contribution in [1.29, 1.82) is 0 Å². The molecule has 0 aliphatic rings. The van der Waals surface area contributed by atoms with E-state index in [0.717, 1.165) is 6.07 Å². The Labute approximate surface area is 102 Å². The Bertz CT molecular complexity index is 408. The second kappa shape index (κ2) is 4.85. The van der Waals surface area contributed by atoms with E-state index in [-0.39, 0.29) is 11.4 Å². The smallest absolute Gasteiger partial charge is 0.480 e. The van der Waals surface area contributed by atoms with Crippen molar-refractivity contribution in [2.24, 2.45) is 0 Å². The molecule has 0 aliphatic carbocycles. The number of alkyl halides is 3. The molecule has 0 saturated carbocycles. The lowest BCUT2D eigenvalue weighted by atomic mass is 10.3. The van der Waals surface area contributed by atoms with Crippen LogP contribution >= 0.6 is 22.6 Å². The molecular formula is C8H5F3INO3. The van der Waals surface area contributed by atoms with Crippen LogP contribution < -0.4 is 9.47 Å². The number of carbonyl (C=O) groups is 1. The van der Waals surface area contributed by atoms with Gasteiger partial charge in [0.05, 0.1) is 10.7 Å². The van der Waals surface area contributed by atoms with Crippen LogP contribution in [-0.4, -0.2) is 24.7 Å². The summed E-state index contributed by atoms with van der Waals surface area (Å²) in [6, 6.07) is 0.894. The van der Waals surface area contributed by atoms with Crippen LogP contribution in [-0.2, 0) is 0 Å². The van der Waals surface area contributed by atoms with Crippen molar-refractivity contribution in [3.63, 3.8) is 0 Å². The molecule has 0 aromatic carbocycles. The Hall–Kier alpha value is -1.06. The molecule has 1 heterocycles. The average Bonchev–Trinajstić information content (AvgIpc) is 2.18. The number of halogens is 4.